The number of aromatic hydroxyl groups is 1. The number of aromatic amines is 1. The van der Waals surface area contributed by atoms with Gasteiger partial charge in [-0.25, -0.2) is 0 Å². The second-order valence-electron chi connectivity index (χ2n) is 2.86. The number of hydrogen-bond donors (Lipinski definition) is 3. The molecule has 0 fully saturated rings. The summed E-state index contributed by atoms with van der Waals surface area (Å²) in [6.07, 6.45) is 0. The van der Waals surface area contributed by atoms with Crippen LogP contribution in [0.3, 0.4) is 0 Å². The Balaban J connectivity index is 2.76. The molecule has 1 aromatic carbocycles. The smallest absolute Gasteiger partial charge is 0.143 e. The Morgan fingerprint density at radius 2 is 2.23 bits per heavy atom. The molecule has 0 aliphatic rings. The Labute approximate surface area is 80.1 Å². The molecule has 0 unspecified atom stereocenters. The van der Waals surface area contributed by atoms with Crippen LogP contribution >= 0.6 is 11.6 Å². The number of H-pyrrole nitrogens is 1. The van der Waals surface area contributed by atoms with Gasteiger partial charge in [0.25, 0.3) is 0 Å². The predicted molar refractivity (Wildman–Crippen MR) is 52.9 cm³/mol. The lowest BCUT2D eigenvalue weighted by Gasteiger charge is -1.96. The van der Waals surface area contributed by atoms with E-state index < -0.39 is 0 Å². The second kappa shape index (κ2) is 2.94. The molecular weight excluding hydrogens is 188 g/mol. The molecule has 68 valence electrons. The fraction of sp³-hybridized carbons (Fsp3) is 0.111. The van der Waals surface area contributed by atoms with Crippen LogP contribution in [0.5, 0.6) is 5.75 Å². The number of nitrogens with two attached hydrogens (primary N) is 1. The average Bonchev–Trinajstić information content (AvgIpc) is 2.55. The molecule has 2 aromatic rings. The highest BCUT2D eigenvalue weighted by Gasteiger charge is 2.06. The summed E-state index contributed by atoms with van der Waals surface area (Å²) in [5, 5.41) is 10.6. The Morgan fingerprint density at radius 1 is 1.46 bits per heavy atom. The average molecular weight is 197 g/mol. The first-order valence-corrected chi connectivity index (χ1v) is 4.29. The zero-order chi connectivity index (χ0) is 9.42. The van der Waals surface area contributed by atoms with E-state index in [1.54, 1.807) is 12.1 Å². The fourth-order valence-corrected chi connectivity index (χ4v) is 1.49. The summed E-state index contributed by atoms with van der Waals surface area (Å²) in [5.41, 5.74) is 7.19. The van der Waals surface area contributed by atoms with Gasteiger partial charge < -0.3 is 15.8 Å². The van der Waals surface area contributed by atoms with E-state index in [2.05, 4.69) is 4.98 Å². The molecule has 0 amide bonds. The molecular formula is C9H9ClN2O. The number of nitrogens with one attached hydrogen (secondary N) is 1. The van der Waals surface area contributed by atoms with Crippen molar-refractivity contribution in [2.45, 2.75) is 6.54 Å². The van der Waals surface area contributed by atoms with Gasteiger partial charge in [0.1, 0.15) is 5.75 Å². The van der Waals surface area contributed by atoms with Crippen LogP contribution in [0.15, 0.2) is 18.2 Å². The quantitative estimate of drug-likeness (QED) is 0.653. The van der Waals surface area contributed by atoms with Crippen LogP contribution in [0.1, 0.15) is 5.69 Å². The molecule has 0 aliphatic heterocycles. The van der Waals surface area contributed by atoms with Crippen molar-refractivity contribution in [2.75, 3.05) is 0 Å². The molecule has 0 saturated carbocycles. The van der Waals surface area contributed by atoms with E-state index in [9.17, 15) is 5.11 Å². The molecule has 0 atom stereocenters. The van der Waals surface area contributed by atoms with Crippen molar-refractivity contribution < 1.29 is 5.11 Å². The van der Waals surface area contributed by atoms with Crippen LogP contribution < -0.4 is 5.73 Å². The Morgan fingerprint density at radius 3 is 2.92 bits per heavy atom. The summed E-state index contributed by atoms with van der Waals surface area (Å²) in [5.74, 6) is 0.107. The lowest BCUT2D eigenvalue weighted by atomic mass is 10.2. The monoisotopic (exact) mass is 196 g/mol. The van der Waals surface area contributed by atoms with E-state index in [4.69, 9.17) is 17.3 Å². The largest absolute Gasteiger partial charge is 0.506 e. The fourth-order valence-electron chi connectivity index (χ4n) is 1.33. The predicted octanol–water partition coefficient (Wildman–Crippen LogP) is 1.99. The van der Waals surface area contributed by atoms with Gasteiger partial charge in [-0.1, -0.05) is 11.6 Å². The lowest BCUT2D eigenvalue weighted by Crippen LogP contribution is -1.94. The number of benzene rings is 1. The number of aromatic nitrogens is 1. The van der Waals surface area contributed by atoms with Crippen molar-refractivity contribution in [1.82, 2.24) is 4.98 Å². The summed E-state index contributed by atoms with van der Waals surface area (Å²) < 4.78 is 0. The van der Waals surface area contributed by atoms with Crippen LogP contribution in [-0.2, 0) is 6.54 Å². The molecule has 0 aliphatic carbocycles. The molecule has 0 spiro atoms. The van der Waals surface area contributed by atoms with E-state index in [-0.39, 0.29) is 5.75 Å². The highest BCUT2D eigenvalue weighted by Crippen LogP contribution is 2.32. The zero-order valence-corrected chi connectivity index (χ0v) is 7.60. The van der Waals surface area contributed by atoms with E-state index in [0.717, 1.165) is 11.2 Å². The van der Waals surface area contributed by atoms with Gasteiger partial charge in [0.15, 0.2) is 0 Å². The van der Waals surface area contributed by atoms with Gasteiger partial charge in [0.2, 0.25) is 0 Å². The lowest BCUT2D eigenvalue weighted by molar-refractivity contribution is 0.482. The van der Waals surface area contributed by atoms with E-state index in [1.165, 1.54) is 0 Å². The highest BCUT2D eigenvalue weighted by molar-refractivity contribution is 6.33. The zero-order valence-electron chi connectivity index (χ0n) is 6.84. The first-order valence-electron chi connectivity index (χ1n) is 3.91. The van der Waals surface area contributed by atoms with Crippen LogP contribution in [0.4, 0.5) is 0 Å². The maximum Gasteiger partial charge on any atom is 0.143 e. The van der Waals surface area contributed by atoms with Crippen molar-refractivity contribution in [2.24, 2.45) is 5.73 Å². The minimum atomic E-state index is 0.107. The maximum atomic E-state index is 9.57. The van der Waals surface area contributed by atoms with E-state index in [0.29, 0.717) is 17.0 Å². The van der Waals surface area contributed by atoms with Gasteiger partial charge in [-0.2, -0.15) is 0 Å². The first-order chi connectivity index (χ1) is 6.22. The van der Waals surface area contributed by atoms with Crippen molar-refractivity contribution in [1.29, 1.82) is 0 Å². The second-order valence-corrected chi connectivity index (χ2v) is 3.26. The van der Waals surface area contributed by atoms with Crippen molar-refractivity contribution in [3.05, 3.63) is 28.9 Å². The van der Waals surface area contributed by atoms with Gasteiger partial charge in [0, 0.05) is 23.1 Å². The molecule has 1 aromatic heterocycles. The maximum absolute atomic E-state index is 9.57. The number of phenolic OH excluding ortho intramolecular Hbond substituents is 1. The van der Waals surface area contributed by atoms with E-state index in [1.807, 2.05) is 6.07 Å². The standard InChI is InChI=1S/C9H9ClN2O/c10-7-1-2-8-6(9(7)13)3-5(4-11)12-8/h1-3,12-13H,4,11H2. The van der Waals surface area contributed by atoms with Gasteiger partial charge in [-0.15, -0.1) is 0 Å². The molecule has 4 N–H and O–H groups in total. The summed E-state index contributed by atoms with van der Waals surface area (Å²) in [6, 6.07) is 5.27. The van der Waals surface area contributed by atoms with Gasteiger partial charge in [-0.05, 0) is 18.2 Å². The molecule has 13 heavy (non-hydrogen) atoms. The Kier molecular flexibility index (Phi) is 1.90. The first kappa shape index (κ1) is 8.41. The minimum Gasteiger partial charge on any atom is -0.506 e. The van der Waals surface area contributed by atoms with Gasteiger partial charge in [-0.3, -0.25) is 0 Å². The highest BCUT2D eigenvalue weighted by atomic mass is 35.5. The molecule has 0 bridgehead atoms. The van der Waals surface area contributed by atoms with Gasteiger partial charge in [0.05, 0.1) is 5.02 Å². The van der Waals surface area contributed by atoms with Crippen molar-refractivity contribution >= 4 is 22.5 Å². The SMILES string of the molecule is NCc1cc2c(O)c(Cl)ccc2[nH]1. The number of rotatable bonds is 1. The van der Waals surface area contributed by atoms with E-state index >= 15 is 0 Å². The Hall–Kier alpha value is -1.19. The third-order valence-corrected chi connectivity index (χ3v) is 2.31. The number of halogens is 1. The molecule has 3 nitrogen and oxygen atoms in total. The molecule has 0 radical (unpaired) electrons. The van der Waals surface area contributed by atoms with Crippen LogP contribution in [0.2, 0.25) is 5.02 Å². The topological polar surface area (TPSA) is 62.0 Å². The molecule has 4 heteroatoms. The van der Waals surface area contributed by atoms with Crippen LogP contribution in [0.25, 0.3) is 10.9 Å². The third-order valence-electron chi connectivity index (χ3n) is 2.00. The molecule has 2 rings (SSSR count). The molecule has 1 heterocycles. The molecule has 0 saturated heterocycles. The summed E-state index contributed by atoms with van der Waals surface area (Å²) in [7, 11) is 0. The van der Waals surface area contributed by atoms with Crippen molar-refractivity contribution in [3.63, 3.8) is 0 Å². The van der Waals surface area contributed by atoms with Crippen LogP contribution in [0, 0.1) is 0 Å². The summed E-state index contributed by atoms with van der Waals surface area (Å²) >= 11 is 5.74. The number of phenols is 1. The number of hydrogen-bond acceptors (Lipinski definition) is 2. The third kappa shape index (κ3) is 1.26. The summed E-state index contributed by atoms with van der Waals surface area (Å²) in [4.78, 5) is 3.07. The Bertz CT molecular complexity index is 450. The van der Waals surface area contributed by atoms with Crippen molar-refractivity contribution in [3.8, 4) is 5.75 Å². The number of fused-ring (bicyclic) bond motifs is 1. The summed E-state index contributed by atoms with van der Waals surface area (Å²) in [6.45, 7) is 0.422. The minimum absolute atomic E-state index is 0.107. The van der Waals surface area contributed by atoms with Gasteiger partial charge >= 0.3 is 0 Å². The van der Waals surface area contributed by atoms with Crippen LogP contribution in [-0.4, -0.2) is 10.1 Å². The normalized spacial score (nSPS) is 10.9.